The fraction of sp³-hybridized carbons (Fsp3) is 0.577. The lowest BCUT2D eigenvalue weighted by molar-refractivity contribution is -0.193. The minimum Gasteiger partial charge on any atom is -0.475 e. The van der Waals surface area contributed by atoms with Crippen molar-refractivity contribution in [3.8, 4) is 0 Å². The Kier molecular flexibility index (Phi) is 15.5. The third kappa shape index (κ3) is 15.0. The first-order valence-electron chi connectivity index (χ1n) is 13.3. The van der Waals surface area contributed by atoms with Crippen molar-refractivity contribution >= 4 is 17.9 Å². The van der Waals surface area contributed by atoms with E-state index in [1.165, 1.54) is 12.8 Å². The summed E-state index contributed by atoms with van der Waals surface area (Å²) in [6.45, 7) is 4.93. The summed E-state index contributed by atoms with van der Waals surface area (Å²) in [7, 11) is 2.06. The average Bonchev–Trinajstić information content (AvgIpc) is 3.53. The summed E-state index contributed by atoms with van der Waals surface area (Å²) in [6.07, 6.45) is -6.03. The monoisotopic (exact) mass is 698 g/mol. The Morgan fingerprint density at radius 2 is 1.49 bits per heavy atom. The van der Waals surface area contributed by atoms with E-state index in [4.69, 9.17) is 39.2 Å². The van der Waals surface area contributed by atoms with Gasteiger partial charge in [-0.05, 0) is 25.0 Å². The third-order valence-corrected chi connectivity index (χ3v) is 6.49. The van der Waals surface area contributed by atoms with E-state index in [9.17, 15) is 39.5 Å². The van der Waals surface area contributed by atoms with E-state index < -0.39 is 36.4 Å². The smallest absolute Gasteiger partial charge is 0.475 e. The molecular weight excluding hydrogens is 667 g/mol. The van der Waals surface area contributed by atoms with Crippen LogP contribution in [0.4, 0.5) is 39.5 Å². The van der Waals surface area contributed by atoms with Crippen molar-refractivity contribution in [2.45, 2.75) is 56.5 Å². The van der Waals surface area contributed by atoms with E-state index in [1.54, 1.807) is 0 Å². The Hall–Kier alpha value is -3.98. The minimum absolute atomic E-state index is 0.0620. The van der Waals surface area contributed by atoms with Gasteiger partial charge in [-0.3, -0.25) is 9.88 Å². The van der Waals surface area contributed by atoms with Crippen LogP contribution in [0, 0.1) is 5.92 Å². The van der Waals surface area contributed by atoms with Gasteiger partial charge in [0, 0.05) is 44.6 Å². The minimum atomic E-state index is -5.08. The van der Waals surface area contributed by atoms with Crippen LogP contribution in [0.1, 0.15) is 30.8 Å². The van der Waals surface area contributed by atoms with Crippen molar-refractivity contribution in [1.82, 2.24) is 19.4 Å². The number of aromatic nitrogens is 3. The van der Waals surface area contributed by atoms with Gasteiger partial charge in [0.1, 0.15) is 5.82 Å². The van der Waals surface area contributed by atoms with Gasteiger partial charge >= 0.3 is 36.4 Å². The number of ether oxygens (including phenoxy) is 2. The van der Waals surface area contributed by atoms with Crippen molar-refractivity contribution in [2.75, 3.05) is 26.3 Å². The Bertz CT molecular complexity index is 1220. The maximum atomic E-state index is 10.6. The molecule has 1 spiro atoms. The van der Waals surface area contributed by atoms with Crippen LogP contribution in [0.2, 0.25) is 0 Å². The standard InChI is InChI=1S/C20H28N4O2.3C2HF3O2/c1-23-10-9-22-19(23)13-24-11-12-26-20(16-24)7-4-5-17(20)14-25-15-18-6-2-3-8-21-18;3*3-2(4,5)1(6)7/h2-3,6,8-10,17H,4-5,7,11-16H2,1H3;3*(H,6,7)/t17-,20-;;;/m1.../s1. The summed E-state index contributed by atoms with van der Waals surface area (Å²) >= 11 is 0. The van der Waals surface area contributed by atoms with Gasteiger partial charge in [-0.25, -0.2) is 19.4 Å². The number of aryl methyl sites for hydroxylation is 1. The van der Waals surface area contributed by atoms with Gasteiger partial charge in [-0.2, -0.15) is 39.5 Å². The van der Waals surface area contributed by atoms with Crippen LogP contribution in [0.3, 0.4) is 0 Å². The summed E-state index contributed by atoms with van der Waals surface area (Å²) < 4.78 is 110. The van der Waals surface area contributed by atoms with Crippen LogP contribution in [-0.2, 0) is 44.1 Å². The van der Waals surface area contributed by atoms with Gasteiger partial charge < -0.3 is 29.4 Å². The molecule has 2 aromatic heterocycles. The number of hydrogen-bond donors (Lipinski definition) is 3. The summed E-state index contributed by atoms with van der Waals surface area (Å²) in [6, 6.07) is 5.94. The zero-order chi connectivity index (χ0) is 36.1. The van der Waals surface area contributed by atoms with E-state index in [0.717, 1.165) is 50.8 Å². The highest BCUT2D eigenvalue weighted by molar-refractivity contribution is 5.73. The molecule has 47 heavy (non-hydrogen) atoms. The molecule has 2 aliphatic rings. The second-order valence-corrected chi connectivity index (χ2v) is 9.91. The maximum absolute atomic E-state index is 10.6. The largest absolute Gasteiger partial charge is 0.490 e. The van der Waals surface area contributed by atoms with Crippen LogP contribution in [-0.4, -0.2) is 103 Å². The number of hydrogen-bond acceptors (Lipinski definition) is 8. The molecule has 3 heterocycles. The second-order valence-electron chi connectivity index (χ2n) is 9.91. The average molecular weight is 699 g/mol. The van der Waals surface area contributed by atoms with Crippen molar-refractivity contribution in [3.05, 3.63) is 48.3 Å². The molecule has 0 bridgehead atoms. The number of carbonyl (C=O) groups is 3. The van der Waals surface area contributed by atoms with Gasteiger partial charge in [0.2, 0.25) is 0 Å². The third-order valence-electron chi connectivity index (χ3n) is 6.49. The lowest BCUT2D eigenvalue weighted by Crippen LogP contribution is -2.54. The predicted molar refractivity (Wildman–Crippen MR) is 139 cm³/mol. The summed E-state index contributed by atoms with van der Waals surface area (Å²) in [5, 5.41) is 21.4. The molecule has 0 radical (unpaired) electrons. The number of carboxylic acids is 3. The van der Waals surface area contributed by atoms with Crippen LogP contribution in [0.25, 0.3) is 0 Å². The van der Waals surface area contributed by atoms with Crippen LogP contribution < -0.4 is 0 Å². The summed E-state index contributed by atoms with van der Waals surface area (Å²) in [5.41, 5.74) is 0.925. The molecule has 0 unspecified atom stereocenters. The summed E-state index contributed by atoms with van der Waals surface area (Å²) in [5.74, 6) is -6.70. The van der Waals surface area contributed by atoms with Crippen molar-refractivity contribution in [1.29, 1.82) is 0 Å². The number of morpholine rings is 1. The molecule has 3 N–H and O–H groups in total. The highest BCUT2D eigenvalue weighted by atomic mass is 19.4. The Balaban J connectivity index is 0.000000430. The van der Waals surface area contributed by atoms with Crippen LogP contribution in [0.15, 0.2) is 36.8 Å². The Labute approximate surface area is 260 Å². The lowest BCUT2D eigenvalue weighted by atomic mass is 9.89. The van der Waals surface area contributed by atoms with Crippen LogP contribution >= 0.6 is 0 Å². The molecule has 12 nitrogen and oxygen atoms in total. The molecule has 2 fully saturated rings. The quantitative estimate of drug-likeness (QED) is 0.369. The first-order valence-corrected chi connectivity index (χ1v) is 13.3. The molecule has 21 heteroatoms. The van der Waals surface area contributed by atoms with Crippen molar-refractivity contribution < 1.29 is 78.7 Å². The van der Waals surface area contributed by atoms with Gasteiger partial charge in [-0.1, -0.05) is 12.5 Å². The zero-order valence-electron chi connectivity index (χ0n) is 24.5. The molecule has 0 aromatic carbocycles. The van der Waals surface area contributed by atoms with E-state index in [2.05, 4.69) is 26.5 Å². The first-order chi connectivity index (χ1) is 21.6. The SMILES string of the molecule is Cn1ccnc1CN1CCO[C@]2(CCC[C@@H]2COCc2ccccn2)C1.O=C(O)C(F)(F)F.O=C(O)C(F)(F)F.O=C(O)C(F)(F)F. The fourth-order valence-corrected chi connectivity index (χ4v) is 4.30. The van der Waals surface area contributed by atoms with Gasteiger partial charge in [-0.15, -0.1) is 0 Å². The topological polar surface area (TPSA) is 164 Å². The molecule has 4 rings (SSSR count). The van der Waals surface area contributed by atoms with E-state index >= 15 is 0 Å². The molecule has 1 aliphatic heterocycles. The number of rotatable bonds is 6. The molecule has 1 saturated heterocycles. The molecule has 2 aromatic rings. The molecular formula is C26H31F9N4O8. The van der Waals surface area contributed by atoms with Crippen molar-refractivity contribution in [3.63, 3.8) is 0 Å². The predicted octanol–water partition coefficient (Wildman–Crippen LogP) is 4.30. The highest BCUT2D eigenvalue weighted by Gasteiger charge is 2.47. The fourth-order valence-electron chi connectivity index (χ4n) is 4.30. The number of pyridine rings is 1. The number of imidazole rings is 1. The molecule has 0 amide bonds. The lowest BCUT2D eigenvalue weighted by Gasteiger charge is -2.44. The van der Waals surface area contributed by atoms with E-state index in [1.807, 2.05) is 36.8 Å². The molecule has 1 aliphatic carbocycles. The van der Waals surface area contributed by atoms with Gasteiger partial charge in [0.15, 0.2) is 0 Å². The number of nitrogens with zero attached hydrogens (tertiary/aromatic N) is 4. The molecule has 2 atom stereocenters. The number of alkyl halides is 9. The number of halogens is 9. The Morgan fingerprint density at radius 1 is 0.936 bits per heavy atom. The first kappa shape index (κ1) is 41.0. The number of carboxylic acid groups (broad SMARTS) is 3. The van der Waals surface area contributed by atoms with Gasteiger partial charge in [0.05, 0.1) is 37.7 Å². The maximum Gasteiger partial charge on any atom is 0.490 e. The highest BCUT2D eigenvalue weighted by Crippen LogP contribution is 2.41. The summed E-state index contributed by atoms with van der Waals surface area (Å²) in [4.78, 5) is 38.0. The van der Waals surface area contributed by atoms with Crippen LogP contribution in [0.5, 0.6) is 0 Å². The normalized spacial score (nSPS) is 19.7. The van der Waals surface area contributed by atoms with E-state index in [0.29, 0.717) is 12.5 Å². The molecule has 1 saturated carbocycles. The zero-order valence-corrected chi connectivity index (χ0v) is 24.5. The van der Waals surface area contributed by atoms with E-state index in [-0.39, 0.29) is 5.60 Å². The number of aliphatic carboxylic acids is 3. The van der Waals surface area contributed by atoms with Gasteiger partial charge in [0.25, 0.3) is 0 Å². The molecule has 266 valence electrons. The Morgan fingerprint density at radius 3 is 1.94 bits per heavy atom. The second kappa shape index (κ2) is 17.8. The van der Waals surface area contributed by atoms with Crippen molar-refractivity contribution in [2.24, 2.45) is 13.0 Å².